The van der Waals surface area contributed by atoms with Crippen molar-refractivity contribution in [3.8, 4) is 0 Å². The van der Waals surface area contributed by atoms with Gasteiger partial charge in [-0.1, -0.05) is 102 Å². The maximum Gasteiger partial charge on any atom is 0.306 e. The standard InChI is InChI=1S/C37H66O6/c1-4-6-32-41-36(39)30-26-22-18-14-10-8-12-16-20-24-28-35(43-34(3)38)29-25-21-17-13-9-11-15-19-23-27-31-37(40)42-33-7-5-2/h18-19,22-23,35H,4-17,20-21,24-33H2,1-3H3/b22-18-,23-19-. The molecule has 0 saturated carbocycles. The van der Waals surface area contributed by atoms with Gasteiger partial charge < -0.3 is 14.2 Å². The molecule has 0 N–H and O–H groups in total. The second-order valence-corrected chi connectivity index (χ2v) is 11.8. The van der Waals surface area contributed by atoms with Crippen molar-refractivity contribution in [1.82, 2.24) is 0 Å². The van der Waals surface area contributed by atoms with Crippen LogP contribution in [0.15, 0.2) is 24.3 Å². The maximum absolute atomic E-state index is 11.6. The molecule has 0 fully saturated rings. The molecule has 0 aromatic carbocycles. The highest BCUT2D eigenvalue weighted by atomic mass is 16.5. The zero-order chi connectivity index (χ0) is 31.6. The molecule has 0 aliphatic rings. The lowest BCUT2D eigenvalue weighted by molar-refractivity contribution is -0.147. The Morgan fingerprint density at radius 1 is 0.512 bits per heavy atom. The lowest BCUT2D eigenvalue weighted by Crippen LogP contribution is -2.16. The largest absolute Gasteiger partial charge is 0.466 e. The average molecular weight is 607 g/mol. The van der Waals surface area contributed by atoms with Gasteiger partial charge in [0.05, 0.1) is 13.2 Å². The molecular formula is C37H66O6. The monoisotopic (exact) mass is 606 g/mol. The zero-order valence-electron chi connectivity index (χ0n) is 28.2. The van der Waals surface area contributed by atoms with E-state index in [0.717, 1.165) is 77.0 Å². The molecule has 0 spiro atoms. The molecule has 6 heteroatoms. The van der Waals surface area contributed by atoms with E-state index in [1.807, 2.05) is 0 Å². The van der Waals surface area contributed by atoms with E-state index in [1.165, 1.54) is 71.1 Å². The summed E-state index contributed by atoms with van der Waals surface area (Å²) in [5, 5.41) is 0. The van der Waals surface area contributed by atoms with Gasteiger partial charge in [-0.25, -0.2) is 0 Å². The molecule has 0 aliphatic carbocycles. The molecule has 0 aromatic heterocycles. The molecule has 43 heavy (non-hydrogen) atoms. The zero-order valence-corrected chi connectivity index (χ0v) is 28.2. The Balaban J connectivity index is 3.66. The lowest BCUT2D eigenvalue weighted by atomic mass is 10.0. The molecule has 250 valence electrons. The van der Waals surface area contributed by atoms with Crippen LogP contribution in [0.4, 0.5) is 0 Å². The fourth-order valence-corrected chi connectivity index (χ4v) is 4.86. The highest BCUT2D eigenvalue weighted by molar-refractivity contribution is 5.69. The molecule has 0 atom stereocenters. The van der Waals surface area contributed by atoms with Crippen molar-refractivity contribution in [3.05, 3.63) is 24.3 Å². The van der Waals surface area contributed by atoms with Gasteiger partial charge in [-0.05, 0) is 77.0 Å². The Kier molecular flexibility index (Phi) is 31.2. The number of unbranched alkanes of at least 4 members (excludes halogenated alkanes) is 14. The van der Waals surface area contributed by atoms with Crippen molar-refractivity contribution < 1.29 is 28.6 Å². The number of esters is 3. The summed E-state index contributed by atoms with van der Waals surface area (Å²) in [7, 11) is 0. The number of carbonyl (C=O) groups excluding carboxylic acids is 3. The average Bonchev–Trinajstić information content (AvgIpc) is 2.98. The van der Waals surface area contributed by atoms with Crippen LogP contribution in [-0.2, 0) is 28.6 Å². The molecule has 6 nitrogen and oxygen atoms in total. The number of carbonyl (C=O) groups is 3. The van der Waals surface area contributed by atoms with Crippen molar-refractivity contribution in [1.29, 1.82) is 0 Å². The molecule has 0 rings (SSSR count). The third kappa shape index (κ3) is 32.6. The lowest BCUT2D eigenvalue weighted by Gasteiger charge is -2.17. The van der Waals surface area contributed by atoms with Crippen LogP contribution >= 0.6 is 0 Å². The van der Waals surface area contributed by atoms with Gasteiger partial charge in [-0.3, -0.25) is 14.4 Å². The third-order valence-electron chi connectivity index (χ3n) is 7.51. The van der Waals surface area contributed by atoms with E-state index >= 15 is 0 Å². The van der Waals surface area contributed by atoms with Crippen molar-refractivity contribution in [3.63, 3.8) is 0 Å². The Morgan fingerprint density at radius 2 is 0.884 bits per heavy atom. The summed E-state index contributed by atoms with van der Waals surface area (Å²) in [6.45, 7) is 6.80. The summed E-state index contributed by atoms with van der Waals surface area (Å²) in [5.41, 5.74) is 0. The Morgan fingerprint density at radius 3 is 1.28 bits per heavy atom. The van der Waals surface area contributed by atoms with Crippen molar-refractivity contribution in [2.75, 3.05) is 13.2 Å². The van der Waals surface area contributed by atoms with Gasteiger partial charge in [0.25, 0.3) is 0 Å². The first-order chi connectivity index (χ1) is 21.0. The summed E-state index contributed by atoms with van der Waals surface area (Å²) in [6, 6.07) is 0. The summed E-state index contributed by atoms with van der Waals surface area (Å²) in [6.07, 6.45) is 33.8. The fourth-order valence-electron chi connectivity index (χ4n) is 4.86. The number of ether oxygens (including phenoxy) is 3. The van der Waals surface area contributed by atoms with E-state index in [1.54, 1.807) is 0 Å². The molecule has 0 bridgehead atoms. The molecule has 0 saturated heterocycles. The van der Waals surface area contributed by atoms with Crippen LogP contribution < -0.4 is 0 Å². The first kappa shape index (κ1) is 40.9. The van der Waals surface area contributed by atoms with Gasteiger partial charge in [-0.15, -0.1) is 0 Å². The van der Waals surface area contributed by atoms with E-state index in [-0.39, 0.29) is 24.0 Å². The number of hydrogen-bond donors (Lipinski definition) is 0. The van der Waals surface area contributed by atoms with Crippen LogP contribution in [0, 0.1) is 0 Å². The minimum atomic E-state index is -0.159. The van der Waals surface area contributed by atoms with Crippen LogP contribution in [0.1, 0.15) is 175 Å². The second-order valence-electron chi connectivity index (χ2n) is 11.8. The minimum absolute atomic E-state index is 0.0700. The Bertz CT molecular complexity index is 662. The van der Waals surface area contributed by atoms with Gasteiger partial charge in [-0.2, -0.15) is 0 Å². The van der Waals surface area contributed by atoms with E-state index in [2.05, 4.69) is 38.2 Å². The van der Waals surface area contributed by atoms with Crippen molar-refractivity contribution in [2.24, 2.45) is 0 Å². The van der Waals surface area contributed by atoms with Crippen molar-refractivity contribution >= 4 is 17.9 Å². The van der Waals surface area contributed by atoms with Gasteiger partial charge in [0.15, 0.2) is 0 Å². The number of hydrogen-bond acceptors (Lipinski definition) is 6. The summed E-state index contributed by atoms with van der Waals surface area (Å²) >= 11 is 0. The first-order valence-electron chi connectivity index (χ1n) is 17.8. The van der Waals surface area contributed by atoms with Crippen molar-refractivity contribution in [2.45, 2.75) is 181 Å². The summed E-state index contributed by atoms with van der Waals surface area (Å²) in [4.78, 5) is 34.7. The molecule has 0 amide bonds. The fraction of sp³-hybridized carbons (Fsp3) is 0.811. The van der Waals surface area contributed by atoms with Gasteiger partial charge in [0.1, 0.15) is 6.10 Å². The van der Waals surface area contributed by atoms with Gasteiger partial charge in [0.2, 0.25) is 0 Å². The van der Waals surface area contributed by atoms with Crippen LogP contribution in [0.3, 0.4) is 0 Å². The number of allylic oxidation sites excluding steroid dienone is 4. The normalized spacial score (nSPS) is 11.5. The van der Waals surface area contributed by atoms with Crippen LogP contribution in [0.25, 0.3) is 0 Å². The van der Waals surface area contributed by atoms with Crippen LogP contribution in [-0.4, -0.2) is 37.2 Å². The third-order valence-corrected chi connectivity index (χ3v) is 7.51. The predicted molar refractivity (Wildman–Crippen MR) is 178 cm³/mol. The minimum Gasteiger partial charge on any atom is -0.466 e. The van der Waals surface area contributed by atoms with Crippen LogP contribution in [0.5, 0.6) is 0 Å². The van der Waals surface area contributed by atoms with Crippen LogP contribution in [0.2, 0.25) is 0 Å². The Hall–Kier alpha value is -2.11. The van der Waals surface area contributed by atoms with E-state index in [9.17, 15) is 14.4 Å². The first-order valence-corrected chi connectivity index (χ1v) is 17.8. The summed E-state index contributed by atoms with van der Waals surface area (Å²) < 4.78 is 15.9. The number of rotatable bonds is 31. The van der Waals surface area contributed by atoms with E-state index in [0.29, 0.717) is 26.1 Å². The van der Waals surface area contributed by atoms with E-state index < -0.39 is 0 Å². The quantitative estimate of drug-likeness (QED) is 0.0338. The highest BCUT2D eigenvalue weighted by Crippen LogP contribution is 2.17. The molecular weight excluding hydrogens is 540 g/mol. The van der Waals surface area contributed by atoms with E-state index in [4.69, 9.17) is 14.2 Å². The highest BCUT2D eigenvalue weighted by Gasteiger charge is 2.11. The molecule has 0 aliphatic heterocycles. The topological polar surface area (TPSA) is 78.9 Å². The summed E-state index contributed by atoms with van der Waals surface area (Å²) in [5.74, 6) is -0.332. The molecule has 0 unspecified atom stereocenters. The maximum atomic E-state index is 11.6. The predicted octanol–water partition coefficient (Wildman–Crippen LogP) is 10.5. The second kappa shape index (κ2) is 32.8. The van der Waals surface area contributed by atoms with Gasteiger partial charge in [0, 0.05) is 19.8 Å². The smallest absolute Gasteiger partial charge is 0.306 e. The van der Waals surface area contributed by atoms with Gasteiger partial charge >= 0.3 is 17.9 Å². The SMILES string of the molecule is CCCCOC(=O)CC/C=C\CCCCCCCCC(CCCCCCCC/C=C\CCC(=O)OCCCC)OC(C)=O. The Labute approximate surface area is 264 Å². The molecule has 0 heterocycles. The molecule has 0 radical (unpaired) electrons. The molecule has 0 aromatic rings.